The number of hydrogen-bond donors (Lipinski definition) is 1. The number of aryl methyl sites for hydroxylation is 1. The molecule has 3 rings (SSSR count). The van der Waals surface area contributed by atoms with Crippen molar-refractivity contribution in [2.75, 3.05) is 31.8 Å². The van der Waals surface area contributed by atoms with E-state index in [4.69, 9.17) is 9.47 Å². The monoisotopic (exact) mass is 387 g/mol. The normalized spacial score (nSPS) is 12.8. The number of hydrogen-bond acceptors (Lipinski definition) is 6. The van der Waals surface area contributed by atoms with Crippen molar-refractivity contribution in [3.63, 3.8) is 0 Å². The van der Waals surface area contributed by atoms with Crippen LogP contribution in [0.3, 0.4) is 0 Å². The number of esters is 1. The van der Waals surface area contributed by atoms with Crippen molar-refractivity contribution in [1.29, 1.82) is 0 Å². The number of H-pyrrole nitrogens is 1. The fourth-order valence-electron chi connectivity index (χ4n) is 3.39. The average molecular weight is 387 g/mol. The molecule has 28 heavy (non-hydrogen) atoms. The number of nitrogens with zero attached hydrogens (tertiary/aromatic N) is 2. The van der Waals surface area contributed by atoms with Crippen LogP contribution in [0, 0.1) is 24.0 Å². The molecule has 0 unspecified atom stereocenters. The number of nitro benzene ring substituents is 1. The highest BCUT2D eigenvalue weighted by atomic mass is 16.6. The first-order chi connectivity index (χ1) is 13.3. The second-order valence-electron chi connectivity index (χ2n) is 6.53. The molecule has 0 aliphatic carbocycles. The van der Waals surface area contributed by atoms with E-state index in [1.165, 1.54) is 24.1 Å². The second-order valence-corrected chi connectivity index (χ2v) is 6.53. The Morgan fingerprint density at radius 1 is 1.29 bits per heavy atom. The summed E-state index contributed by atoms with van der Waals surface area (Å²) >= 11 is 0. The van der Waals surface area contributed by atoms with Gasteiger partial charge in [-0.25, -0.2) is 4.79 Å². The molecule has 0 saturated heterocycles. The van der Waals surface area contributed by atoms with Crippen LogP contribution < -0.4 is 4.90 Å². The highest BCUT2D eigenvalue weighted by Crippen LogP contribution is 2.33. The predicted molar refractivity (Wildman–Crippen MR) is 101 cm³/mol. The van der Waals surface area contributed by atoms with E-state index in [1.54, 1.807) is 19.9 Å². The van der Waals surface area contributed by atoms with Gasteiger partial charge in [0.05, 0.1) is 22.8 Å². The van der Waals surface area contributed by atoms with Gasteiger partial charge in [-0.15, -0.1) is 0 Å². The number of nitro groups is 1. The molecule has 1 aliphatic heterocycles. The number of anilines is 1. The highest BCUT2D eigenvalue weighted by molar-refractivity contribution is 6.09. The van der Waals surface area contributed by atoms with Gasteiger partial charge in [0.15, 0.2) is 0 Å². The summed E-state index contributed by atoms with van der Waals surface area (Å²) in [5, 5.41) is 11.1. The SMILES string of the molecule is COCCOC(=O)c1c(C)[nH]c(C(=O)N2CCc3ccc([N+](=O)[O-])cc32)c1C. The van der Waals surface area contributed by atoms with Gasteiger partial charge in [-0.3, -0.25) is 14.9 Å². The Balaban J connectivity index is 1.89. The number of methoxy groups -OCH3 is 1. The molecular weight excluding hydrogens is 366 g/mol. The van der Waals surface area contributed by atoms with Crippen LogP contribution in [-0.4, -0.2) is 48.7 Å². The molecule has 9 nitrogen and oxygen atoms in total. The summed E-state index contributed by atoms with van der Waals surface area (Å²) in [5.74, 6) is -0.865. The van der Waals surface area contributed by atoms with Crippen molar-refractivity contribution in [2.45, 2.75) is 20.3 Å². The van der Waals surface area contributed by atoms with Crippen LogP contribution in [-0.2, 0) is 15.9 Å². The summed E-state index contributed by atoms with van der Waals surface area (Å²) in [4.78, 5) is 40.5. The van der Waals surface area contributed by atoms with Gasteiger partial charge in [0, 0.05) is 31.5 Å². The Morgan fingerprint density at radius 3 is 2.71 bits per heavy atom. The quantitative estimate of drug-likeness (QED) is 0.353. The third-order valence-corrected chi connectivity index (χ3v) is 4.80. The van der Waals surface area contributed by atoms with Crippen molar-refractivity contribution < 1.29 is 24.0 Å². The van der Waals surface area contributed by atoms with Crippen molar-refractivity contribution in [3.8, 4) is 0 Å². The molecule has 0 atom stereocenters. The molecule has 1 aromatic heterocycles. The molecule has 0 radical (unpaired) electrons. The van der Waals surface area contributed by atoms with Gasteiger partial charge in [0.1, 0.15) is 12.3 Å². The summed E-state index contributed by atoms with van der Waals surface area (Å²) in [6.45, 7) is 4.18. The van der Waals surface area contributed by atoms with Gasteiger partial charge in [0.2, 0.25) is 0 Å². The number of aromatic nitrogens is 1. The molecule has 2 heterocycles. The number of rotatable bonds is 6. The minimum absolute atomic E-state index is 0.0692. The third kappa shape index (κ3) is 3.48. The number of aromatic amines is 1. The number of amides is 1. The Kier molecular flexibility index (Phi) is 5.46. The van der Waals surface area contributed by atoms with Gasteiger partial charge in [-0.05, 0) is 31.4 Å². The Labute approximate surface area is 161 Å². The standard InChI is InChI=1S/C19H21N3O6/c1-11-16(19(24)28-9-8-27-3)12(2)20-17(11)18(23)21-7-6-13-4-5-14(22(25)26)10-15(13)21/h4-5,10,20H,6-9H2,1-3H3. The summed E-state index contributed by atoms with van der Waals surface area (Å²) in [6, 6.07) is 4.52. The van der Waals surface area contributed by atoms with E-state index in [9.17, 15) is 19.7 Å². The fourth-order valence-corrected chi connectivity index (χ4v) is 3.39. The predicted octanol–water partition coefficient (Wildman–Crippen LogP) is 2.55. The van der Waals surface area contributed by atoms with Crippen molar-refractivity contribution >= 4 is 23.3 Å². The van der Waals surface area contributed by atoms with Gasteiger partial charge < -0.3 is 19.4 Å². The summed E-state index contributed by atoms with van der Waals surface area (Å²) < 4.78 is 10.0. The van der Waals surface area contributed by atoms with Crippen LogP contribution in [0.25, 0.3) is 0 Å². The molecule has 1 aliphatic rings. The lowest BCUT2D eigenvalue weighted by atomic mass is 10.1. The lowest BCUT2D eigenvalue weighted by molar-refractivity contribution is -0.384. The van der Waals surface area contributed by atoms with E-state index in [1.807, 2.05) is 0 Å². The molecule has 0 fully saturated rings. The maximum Gasteiger partial charge on any atom is 0.340 e. The van der Waals surface area contributed by atoms with Crippen LogP contribution in [0.1, 0.15) is 37.7 Å². The zero-order valence-corrected chi connectivity index (χ0v) is 15.9. The maximum atomic E-state index is 13.1. The van der Waals surface area contributed by atoms with Crippen LogP contribution in [0.15, 0.2) is 18.2 Å². The number of benzene rings is 1. The molecular formula is C19H21N3O6. The number of fused-ring (bicyclic) bond motifs is 1. The van der Waals surface area contributed by atoms with E-state index >= 15 is 0 Å². The average Bonchev–Trinajstić information content (AvgIpc) is 3.21. The van der Waals surface area contributed by atoms with Crippen LogP contribution >= 0.6 is 0 Å². The second kappa shape index (κ2) is 7.81. The number of carbonyl (C=O) groups is 2. The van der Waals surface area contributed by atoms with Gasteiger partial charge >= 0.3 is 5.97 Å². The van der Waals surface area contributed by atoms with E-state index in [2.05, 4.69) is 4.98 Å². The van der Waals surface area contributed by atoms with Crippen molar-refractivity contribution in [2.24, 2.45) is 0 Å². The van der Waals surface area contributed by atoms with E-state index in [-0.39, 0.29) is 30.5 Å². The molecule has 0 spiro atoms. The number of nitrogens with one attached hydrogen (secondary N) is 1. The molecule has 0 bridgehead atoms. The van der Waals surface area contributed by atoms with Gasteiger partial charge in [0.25, 0.3) is 11.6 Å². The number of ether oxygens (including phenoxy) is 2. The third-order valence-electron chi connectivity index (χ3n) is 4.80. The first-order valence-corrected chi connectivity index (χ1v) is 8.79. The topological polar surface area (TPSA) is 115 Å². The molecule has 9 heteroatoms. The largest absolute Gasteiger partial charge is 0.460 e. The number of non-ortho nitro benzene ring substituents is 1. The molecule has 1 aromatic carbocycles. The highest BCUT2D eigenvalue weighted by Gasteiger charge is 2.31. The molecule has 1 N–H and O–H groups in total. The lowest BCUT2D eigenvalue weighted by Crippen LogP contribution is -2.29. The molecule has 1 amide bonds. The van der Waals surface area contributed by atoms with E-state index in [0.29, 0.717) is 35.5 Å². The minimum atomic E-state index is -0.528. The van der Waals surface area contributed by atoms with Crippen LogP contribution in [0.5, 0.6) is 0 Å². The first-order valence-electron chi connectivity index (χ1n) is 8.79. The van der Waals surface area contributed by atoms with E-state index < -0.39 is 10.9 Å². The first kappa shape index (κ1) is 19.6. The van der Waals surface area contributed by atoms with E-state index in [0.717, 1.165) is 5.56 Å². The van der Waals surface area contributed by atoms with Crippen molar-refractivity contribution in [3.05, 3.63) is 56.4 Å². The fraction of sp³-hybridized carbons (Fsp3) is 0.368. The summed E-state index contributed by atoms with van der Waals surface area (Å²) in [7, 11) is 1.51. The maximum absolute atomic E-state index is 13.1. The minimum Gasteiger partial charge on any atom is -0.460 e. The Morgan fingerprint density at radius 2 is 2.04 bits per heavy atom. The molecule has 148 valence electrons. The Hall–Kier alpha value is -3.20. The Bertz CT molecular complexity index is 949. The summed E-state index contributed by atoms with van der Waals surface area (Å²) in [5.41, 5.74) is 2.94. The number of carbonyl (C=O) groups excluding carboxylic acids is 2. The lowest BCUT2D eigenvalue weighted by Gasteiger charge is -2.17. The van der Waals surface area contributed by atoms with Gasteiger partial charge in [-0.1, -0.05) is 6.07 Å². The van der Waals surface area contributed by atoms with Crippen LogP contribution in [0.4, 0.5) is 11.4 Å². The zero-order chi connectivity index (χ0) is 20.4. The smallest absolute Gasteiger partial charge is 0.340 e. The molecule has 2 aromatic rings. The van der Waals surface area contributed by atoms with Gasteiger partial charge in [-0.2, -0.15) is 0 Å². The summed E-state index contributed by atoms with van der Waals surface area (Å²) in [6.07, 6.45) is 0.615. The van der Waals surface area contributed by atoms with Crippen LogP contribution in [0.2, 0.25) is 0 Å². The van der Waals surface area contributed by atoms with Crippen molar-refractivity contribution in [1.82, 2.24) is 4.98 Å². The molecule has 0 saturated carbocycles. The zero-order valence-electron chi connectivity index (χ0n) is 15.9.